The molecule has 2 aromatic rings. The number of anilines is 3. The molecule has 6 nitrogen and oxygen atoms in total. The lowest BCUT2D eigenvalue weighted by atomic mass is 9.91. The van der Waals surface area contributed by atoms with Crippen LogP contribution in [0, 0.1) is 11.8 Å². The predicted molar refractivity (Wildman–Crippen MR) is 124 cm³/mol. The van der Waals surface area contributed by atoms with Crippen LogP contribution >= 0.6 is 0 Å². The molecule has 3 rings (SSSR count). The molecule has 2 atom stereocenters. The largest absolute Gasteiger partial charge is 0.371 e. The molecule has 1 unspecified atom stereocenters. The number of benzene rings is 2. The molecule has 1 aliphatic heterocycles. The van der Waals surface area contributed by atoms with Crippen molar-refractivity contribution >= 4 is 33.0 Å². The number of sulfonamides is 1. The molecule has 1 aliphatic rings. The zero-order valence-corrected chi connectivity index (χ0v) is 18.9. The average molecular weight is 430 g/mol. The lowest BCUT2D eigenvalue weighted by molar-refractivity contribution is 0.102. The standard InChI is InChI=1S/C23H31N3O3S/c1-16(2)30(28,29)25-21-7-5-19(6-8-21)23(27)24-20-9-11-22(12-10-20)26-14-17(3)13-18(4)15-26/h5-12,16-18,25H,13-15H2,1-4H3,(H,24,27)/t17-,18?/m1/s1. The number of hydrogen-bond donors (Lipinski definition) is 2. The van der Waals surface area contributed by atoms with Gasteiger partial charge in [-0.2, -0.15) is 0 Å². The van der Waals surface area contributed by atoms with E-state index in [1.165, 1.54) is 12.1 Å². The Bertz CT molecular complexity index is 960. The van der Waals surface area contributed by atoms with Crippen molar-refractivity contribution in [2.45, 2.75) is 39.4 Å². The van der Waals surface area contributed by atoms with Gasteiger partial charge in [-0.15, -0.1) is 0 Å². The van der Waals surface area contributed by atoms with Crippen molar-refractivity contribution in [3.05, 3.63) is 54.1 Å². The second-order valence-corrected chi connectivity index (χ2v) is 10.9. The Morgan fingerprint density at radius 3 is 2.00 bits per heavy atom. The second kappa shape index (κ2) is 9.08. The summed E-state index contributed by atoms with van der Waals surface area (Å²) in [5.74, 6) is 1.13. The maximum absolute atomic E-state index is 12.5. The third-order valence-corrected chi connectivity index (χ3v) is 7.15. The number of piperidine rings is 1. The molecule has 1 fully saturated rings. The van der Waals surface area contributed by atoms with Gasteiger partial charge in [0.2, 0.25) is 10.0 Å². The lowest BCUT2D eigenvalue weighted by Crippen LogP contribution is -2.38. The summed E-state index contributed by atoms with van der Waals surface area (Å²) in [5.41, 5.74) is 2.81. The average Bonchev–Trinajstić information content (AvgIpc) is 2.68. The van der Waals surface area contributed by atoms with E-state index < -0.39 is 15.3 Å². The highest BCUT2D eigenvalue weighted by molar-refractivity contribution is 7.93. The number of nitrogens with one attached hydrogen (secondary N) is 2. The molecular weight excluding hydrogens is 398 g/mol. The molecule has 0 radical (unpaired) electrons. The van der Waals surface area contributed by atoms with Gasteiger partial charge in [0.1, 0.15) is 0 Å². The van der Waals surface area contributed by atoms with Crippen LogP contribution in [0.3, 0.4) is 0 Å². The van der Waals surface area contributed by atoms with Crippen molar-refractivity contribution in [1.29, 1.82) is 0 Å². The van der Waals surface area contributed by atoms with Gasteiger partial charge >= 0.3 is 0 Å². The molecule has 0 aliphatic carbocycles. The number of hydrogen-bond acceptors (Lipinski definition) is 4. The van der Waals surface area contributed by atoms with E-state index >= 15 is 0 Å². The van der Waals surface area contributed by atoms with Crippen molar-refractivity contribution in [2.24, 2.45) is 11.8 Å². The smallest absolute Gasteiger partial charge is 0.255 e. The Kier molecular flexibility index (Phi) is 6.71. The van der Waals surface area contributed by atoms with Gasteiger partial charge in [-0.3, -0.25) is 9.52 Å². The van der Waals surface area contributed by atoms with Crippen LogP contribution < -0.4 is 14.9 Å². The second-order valence-electron chi connectivity index (χ2n) is 8.63. The first-order chi connectivity index (χ1) is 14.1. The van der Waals surface area contributed by atoms with Crippen LogP contribution in [-0.2, 0) is 10.0 Å². The number of rotatable bonds is 6. The summed E-state index contributed by atoms with van der Waals surface area (Å²) in [6.45, 7) is 9.92. The first-order valence-corrected chi connectivity index (χ1v) is 12.0. The minimum atomic E-state index is -3.41. The van der Waals surface area contributed by atoms with Crippen LogP contribution in [0.1, 0.15) is 44.5 Å². The van der Waals surface area contributed by atoms with Crippen molar-refractivity contribution in [3.8, 4) is 0 Å². The highest BCUT2D eigenvalue weighted by Gasteiger charge is 2.22. The van der Waals surface area contributed by atoms with Gasteiger partial charge in [-0.05, 0) is 80.6 Å². The van der Waals surface area contributed by atoms with Crippen molar-refractivity contribution in [2.75, 3.05) is 28.0 Å². The molecule has 1 heterocycles. The molecule has 2 N–H and O–H groups in total. The molecule has 7 heteroatoms. The van der Waals surface area contributed by atoms with Gasteiger partial charge in [0.05, 0.1) is 5.25 Å². The van der Waals surface area contributed by atoms with E-state index in [2.05, 4.69) is 28.8 Å². The maximum Gasteiger partial charge on any atom is 0.255 e. The van der Waals surface area contributed by atoms with Gasteiger partial charge in [0.25, 0.3) is 5.91 Å². The van der Waals surface area contributed by atoms with E-state index in [-0.39, 0.29) is 5.91 Å². The Hall–Kier alpha value is -2.54. The van der Waals surface area contributed by atoms with E-state index in [0.29, 0.717) is 23.1 Å². The van der Waals surface area contributed by atoms with Crippen LogP contribution in [0.25, 0.3) is 0 Å². The highest BCUT2D eigenvalue weighted by Crippen LogP contribution is 2.27. The molecule has 162 valence electrons. The number of carbonyl (C=O) groups excluding carboxylic acids is 1. The predicted octanol–water partition coefficient (Wildman–Crippen LogP) is 4.57. The molecular formula is C23H31N3O3S. The first kappa shape index (κ1) is 22.2. The minimum Gasteiger partial charge on any atom is -0.371 e. The fourth-order valence-corrected chi connectivity index (χ4v) is 4.50. The van der Waals surface area contributed by atoms with Crippen LogP contribution in [0.2, 0.25) is 0 Å². The fraction of sp³-hybridized carbons (Fsp3) is 0.435. The Morgan fingerprint density at radius 1 is 0.933 bits per heavy atom. The van der Waals surface area contributed by atoms with Crippen LogP contribution in [-0.4, -0.2) is 32.7 Å². The van der Waals surface area contributed by atoms with Crippen LogP contribution in [0.4, 0.5) is 17.1 Å². The lowest BCUT2D eigenvalue weighted by Gasteiger charge is -2.36. The van der Waals surface area contributed by atoms with E-state index in [4.69, 9.17) is 0 Å². The van der Waals surface area contributed by atoms with Gasteiger partial charge in [0.15, 0.2) is 0 Å². The van der Waals surface area contributed by atoms with Crippen molar-refractivity contribution < 1.29 is 13.2 Å². The van der Waals surface area contributed by atoms with E-state index in [9.17, 15) is 13.2 Å². The zero-order chi connectivity index (χ0) is 21.9. The molecule has 0 bridgehead atoms. The number of carbonyl (C=O) groups is 1. The summed E-state index contributed by atoms with van der Waals surface area (Å²) in [6.07, 6.45) is 1.27. The van der Waals surface area contributed by atoms with E-state index in [0.717, 1.165) is 18.8 Å². The summed E-state index contributed by atoms with van der Waals surface area (Å²) < 4.78 is 26.4. The SMILES string of the molecule is CC1C[C@@H](C)CN(c2ccc(NC(=O)c3ccc(NS(=O)(=O)C(C)C)cc3)cc2)C1. The summed E-state index contributed by atoms with van der Waals surface area (Å²) in [6, 6.07) is 14.3. The van der Waals surface area contributed by atoms with Gasteiger partial charge in [-0.1, -0.05) is 13.8 Å². The van der Waals surface area contributed by atoms with Gasteiger partial charge in [0, 0.05) is 35.7 Å². The normalized spacial score (nSPS) is 19.6. The maximum atomic E-state index is 12.5. The summed E-state index contributed by atoms with van der Waals surface area (Å²) >= 11 is 0. The third kappa shape index (κ3) is 5.53. The van der Waals surface area contributed by atoms with E-state index in [1.807, 2.05) is 24.3 Å². The summed E-state index contributed by atoms with van der Waals surface area (Å²) in [5, 5.41) is 2.37. The third-order valence-electron chi connectivity index (χ3n) is 5.39. The molecule has 30 heavy (non-hydrogen) atoms. The summed E-state index contributed by atoms with van der Waals surface area (Å²) in [4.78, 5) is 14.9. The Morgan fingerprint density at radius 2 is 1.47 bits per heavy atom. The first-order valence-electron chi connectivity index (χ1n) is 10.4. The monoisotopic (exact) mass is 429 g/mol. The topological polar surface area (TPSA) is 78.5 Å². The van der Waals surface area contributed by atoms with Gasteiger partial charge in [-0.25, -0.2) is 8.42 Å². The molecule has 0 aromatic heterocycles. The van der Waals surface area contributed by atoms with E-state index in [1.54, 1.807) is 38.1 Å². The van der Waals surface area contributed by atoms with Crippen molar-refractivity contribution in [1.82, 2.24) is 0 Å². The highest BCUT2D eigenvalue weighted by atomic mass is 32.2. The molecule has 2 aromatic carbocycles. The summed E-state index contributed by atoms with van der Waals surface area (Å²) in [7, 11) is -3.41. The molecule has 1 amide bonds. The fourth-order valence-electron chi connectivity index (χ4n) is 3.80. The molecule has 0 spiro atoms. The minimum absolute atomic E-state index is 0.235. The van der Waals surface area contributed by atoms with Crippen LogP contribution in [0.15, 0.2) is 48.5 Å². The number of nitrogens with zero attached hydrogens (tertiary/aromatic N) is 1. The Labute approximate surface area is 179 Å². The zero-order valence-electron chi connectivity index (χ0n) is 18.1. The van der Waals surface area contributed by atoms with Crippen LogP contribution in [0.5, 0.6) is 0 Å². The number of amides is 1. The Balaban J connectivity index is 1.62. The quantitative estimate of drug-likeness (QED) is 0.705. The van der Waals surface area contributed by atoms with Gasteiger partial charge < -0.3 is 10.2 Å². The molecule has 1 saturated heterocycles. The molecule has 0 saturated carbocycles. The van der Waals surface area contributed by atoms with Crippen molar-refractivity contribution in [3.63, 3.8) is 0 Å².